The van der Waals surface area contributed by atoms with Crippen LogP contribution in [0, 0.1) is 23.2 Å². The van der Waals surface area contributed by atoms with Gasteiger partial charge in [-0.2, -0.15) is 0 Å². The highest BCUT2D eigenvalue weighted by Gasteiger charge is 2.60. The number of hydrogen-bond donors (Lipinski definition) is 1. The molecule has 1 aromatic rings. The molecule has 36 heavy (non-hydrogen) atoms. The number of carbonyl (C=O) groups excluding carboxylic acids is 4. The average Bonchev–Trinajstić information content (AvgIpc) is 3.07. The Hall–Kier alpha value is -3.06. The molecule has 1 aromatic carbocycles. The highest BCUT2D eigenvalue weighted by atomic mass is 16.6. The molecular weight excluding hydrogens is 460 g/mol. The summed E-state index contributed by atoms with van der Waals surface area (Å²) in [6, 6.07) is 8.52. The Balaban J connectivity index is 2.15. The summed E-state index contributed by atoms with van der Waals surface area (Å²) in [6.45, 7) is 9.94. The van der Waals surface area contributed by atoms with Gasteiger partial charge in [0.1, 0.15) is 11.9 Å². The van der Waals surface area contributed by atoms with E-state index in [-0.39, 0.29) is 30.3 Å². The number of hydrogen-bond acceptors (Lipinski definition) is 7. The zero-order chi connectivity index (χ0) is 26.8. The number of benzene rings is 1. The van der Waals surface area contributed by atoms with Gasteiger partial charge < -0.3 is 14.6 Å². The van der Waals surface area contributed by atoms with E-state index < -0.39 is 47.0 Å². The average molecular weight is 497 g/mol. The van der Waals surface area contributed by atoms with Crippen molar-refractivity contribution in [3.63, 3.8) is 0 Å². The van der Waals surface area contributed by atoms with Crippen LogP contribution in [0.1, 0.15) is 64.7 Å². The Morgan fingerprint density at radius 1 is 1.08 bits per heavy atom. The standard InChI is InChI=1S/C29H36O7/c1-17-12-13-28(5,6)24(32)15-23(31)18(2)14-22-25(35-27(34)21-10-8-7-9-11-21)19(3)16-29(22,26(17)33)36-20(4)30/h7-14,17,19,22-23,25,31H,15-16H2,1-6H3/b13-12-,18-14-/t17-,19+,22-,23+,25-,29+/m0/s1. The van der Waals surface area contributed by atoms with Crippen LogP contribution in [-0.4, -0.2) is 46.4 Å². The maximum atomic E-state index is 14.0. The van der Waals surface area contributed by atoms with Crippen LogP contribution >= 0.6 is 0 Å². The molecule has 0 saturated heterocycles. The maximum Gasteiger partial charge on any atom is 0.338 e. The zero-order valence-corrected chi connectivity index (χ0v) is 21.8. The van der Waals surface area contributed by atoms with E-state index in [9.17, 15) is 24.3 Å². The van der Waals surface area contributed by atoms with E-state index in [1.165, 1.54) is 6.92 Å². The number of carbonyl (C=O) groups is 4. The van der Waals surface area contributed by atoms with Crippen molar-refractivity contribution in [2.24, 2.45) is 23.2 Å². The second-order valence-electron chi connectivity index (χ2n) is 10.7. The topological polar surface area (TPSA) is 107 Å². The predicted octanol–water partition coefficient (Wildman–Crippen LogP) is 4.24. The molecule has 0 unspecified atom stereocenters. The van der Waals surface area contributed by atoms with E-state index in [0.717, 1.165) is 0 Å². The minimum atomic E-state index is -1.59. The van der Waals surface area contributed by atoms with Crippen LogP contribution in [0.2, 0.25) is 0 Å². The molecule has 0 bridgehead atoms. The van der Waals surface area contributed by atoms with Crippen molar-refractivity contribution in [1.82, 2.24) is 0 Å². The summed E-state index contributed by atoms with van der Waals surface area (Å²) >= 11 is 0. The second kappa shape index (κ2) is 10.5. The van der Waals surface area contributed by atoms with Crippen molar-refractivity contribution >= 4 is 23.5 Å². The Labute approximate surface area is 212 Å². The normalized spacial score (nSPS) is 34.9. The van der Waals surface area contributed by atoms with E-state index >= 15 is 0 Å². The molecule has 0 spiro atoms. The van der Waals surface area contributed by atoms with Crippen LogP contribution in [0.15, 0.2) is 54.1 Å². The highest BCUT2D eigenvalue weighted by molar-refractivity contribution is 5.94. The number of ketones is 2. The van der Waals surface area contributed by atoms with Crippen LogP contribution in [0.3, 0.4) is 0 Å². The molecular formula is C29H36O7. The molecule has 0 aliphatic heterocycles. The van der Waals surface area contributed by atoms with Crippen LogP contribution in [0.25, 0.3) is 0 Å². The van der Waals surface area contributed by atoms with Gasteiger partial charge in [-0.25, -0.2) is 4.79 Å². The lowest BCUT2D eigenvalue weighted by Gasteiger charge is -2.36. The summed E-state index contributed by atoms with van der Waals surface area (Å²) in [4.78, 5) is 52.2. The first kappa shape index (κ1) is 27.5. The van der Waals surface area contributed by atoms with Crippen molar-refractivity contribution < 1.29 is 33.8 Å². The van der Waals surface area contributed by atoms with Crippen LogP contribution < -0.4 is 0 Å². The van der Waals surface area contributed by atoms with Crippen LogP contribution in [0.4, 0.5) is 0 Å². The Kier molecular flexibility index (Phi) is 8.04. The highest BCUT2D eigenvalue weighted by Crippen LogP contribution is 2.48. The monoisotopic (exact) mass is 496 g/mol. The van der Waals surface area contributed by atoms with Gasteiger partial charge in [-0.15, -0.1) is 0 Å². The first-order valence-corrected chi connectivity index (χ1v) is 12.4. The number of esters is 2. The molecule has 2 aliphatic rings. The molecule has 1 N–H and O–H groups in total. The summed E-state index contributed by atoms with van der Waals surface area (Å²) in [5.74, 6) is -3.53. The van der Waals surface area contributed by atoms with E-state index in [1.807, 2.05) is 6.92 Å². The fourth-order valence-electron chi connectivity index (χ4n) is 5.16. The Morgan fingerprint density at radius 2 is 1.72 bits per heavy atom. The van der Waals surface area contributed by atoms with Gasteiger partial charge >= 0.3 is 11.9 Å². The van der Waals surface area contributed by atoms with Crippen LogP contribution in [0.5, 0.6) is 0 Å². The van der Waals surface area contributed by atoms with Gasteiger partial charge in [-0.05, 0) is 44.4 Å². The lowest BCUT2D eigenvalue weighted by Crippen LogP contribution is -2.50. The molecule has 7 heteroatoms. The fraction of sp³-hybridized carbons (Fsp3) is 0.517. The Bertz CT molecular complexity index is 1080. The lowest BCUT2D eigenvalue weighted by atomic mass is 9.76. The van der Waals surface area contributed by atoms with Crippen molar-refractivity contribution in [3.8, 4) is 0 Å². The summed E-state index contributed by atoms with van der Waals surface area (Å²) in [5.41, 5.74) is -1.68. The molecule has 3 rings (SSSR count). The third-order valence-corrected chi connectivity index (χ3v) is 7.35. The summed E-state index contributed by atoms with van der Waals surface area (Å²) < 4.78 is 11.8. The van der Waals surface area contributed by atoms with E-state index in [1.54, 1.807) is 76.3 Å². The zero-order valence-electron chi connectivity index (χ0n) is 21.8. The largest absolute Gasteiger partial charge is 0.458 e. The molecule has 0 radical (unpaired) electrons. The quantitative estimate of drug-likeness (QED) is 0.493. The Morgan fingerprint density at radius 3 is 2.33 bits per heavy atom. The third kappa shape index (κ3) is 5.51. The van der Waals surface area contributed by atoms with Gasteiger partial charge in [0, 0.05) is 31.1 Å². The minimum Gasteiger partial charge on any atom is -0.458 e. The fourth-order valence-corrected chi connectivity index (χ4v) is 5.16. The van der Waals surface area contributed by atoms with Crippen molar-refractivity contribution in [2.45, 2.75) is 72.2 Å². The first-order chi connectivity index (χ1) is 16.8. The SMILES string of the molecule is CC(=O)O[C@]12C[C@@H](C)[C@H](OC(=O)c3ccccc3)[C@@H]1/C=C(/C)[C@H](O)CC(=O)C(C)(C)/C=C\[C@H](C)C2=O. The summed E-state index contributed by atoms with van der Waals surface area (Å²) in [5, 5.41) is 10.9. The molecule has 2 aliphatic carbocycles. The van der Waals surface area contributed by atoms with Crippen LogP contribution in [-0.2, 0) is 23.9 Å². The number of aliphatic hydroxyl groups is 1. The van der Waals surface area contributed by atoms with E-state index in [0.29, 0.717) is 11.1 Å². The van der Waals surface area contributed by atoms with Gasteiger partial charge in [0.05, 0.1) is 17.6 Å². The van der Waals surface area contributed by atoms with Crippen molar-refractivity contribution in [3.05, 3.63) is 59.7 Å². The van der Waals surface area contributed by atoms with Gasteiger partial charge in [0.25, 0.3) is 0 Å². The number of aliphatic hydroxyl groups excluding tert-OH is 1. The van der Waals surface area contributed by atoms with Gasteiger partial charge in [0.15, 0.2) is 11.4 Å². The molecule has 0 heterocycles. The first-order valence-electron chi connectivity index (χ1n) is 12.4. The number of Topliss-reactive ketones (excluding diaryl/α,β-unsaturated/α-hetero) is 2. The van der Waals surface area contributed by atoms with Gasteiger partial charge in [0.2, 0.25) is 0 Å². The second-order valence-corrected chi connectivity index (χ2v) is 10.7. The maximum absolute atomic E-state index is 14.0. The molecule has 0 amide bonds. The molecule has 1 fully saturated rings. The molecule has 0 aromatic heterocycles. The third-order valence-electron chi connectivity index (χ3n) is 7.35. The summed E-state index contributed by atoms with van der Waals surface area (Å²) in [7, 11) is 0. The summed E-state index contributed by atoms with van der Waals surface area (Å²) in [6.07, 6.45) is 3.12. The smallest absolute Gasteiger partial charge is 0.338 e. The van der Waals surface area contributed by atoms with E-state index in [4.69, 9.17) is 9.47 Å². The van der Waals surface area contributed by atoms with Crippen molar-refractivity contribution in [1.29, 1.82) is 0 Å². The molecule has 1 saturated carbocycles. The van der Waals surface area contributed by atoms with E-state index in [2.05, 4.69) is 0 Å². The minimum absolute atomic E-state index is 0.112. The molecule has 6 atom stereocenters. The number of rotatable bonds is 3. The molecule has 7 nitrogen and oxygen atoms in total. The van der Waals surface area contributed by atoms with Gasteiger partial charge in [-0.3, -0.25) is 14.4 Å². The molecule has 194 valence electrons. The van der Waals surface area contributed by atoms with Crippen molar-refractivity contribution in [2.75, 3.05) is 0 Å². The predicted molar refractivity (Wildman–Crippen MR) is 134 cm³/mol. The lowest BCUT2D eigenvalue weighted by molar-refractivity contribution is -0.171. The number of fused-ring (bicyclic) bond motifs is 1. The van der Waals surface area contributed by atoms with Gasteiger partial charge in [-0.1, -0.05) is 50.3 Å². The number of ether oxygens (including phenoxy) is 2. The number of allylic oxidation sites excluding steroid dienone is 2.